The quantitative estimate of drug-likeness (QED) is 0.872. The lowest BCUT2D eigenvalue weighted by Crippen LogP contribution is -2.46. The molecule has 2 N–H and O–H groups in total. The summed E-state index contributed by atoms with van der Waals surface area (Å²) in [6.07, 6.45) is -0.624. The third-order valence-corrected chi connectivity index (χ3v) is 4.78. The first-order valence-electron chi connectivity index (χ1n) is 7.71. The Morgan fingerprint density at radius 1 is 1.46 bits per heavy atom. The molecule has 1 aliphatic heterocycles. The van der Waals surface area contributed by atoms with Gasteiger partial charge in [0.1, 0.15) is 11.6 Å². The molecule has 1 aliphatic rings. The van der Waals surface area contributed by atoms with E-state index in [1.807, 2.05) is 18.2 Å². The number of thioether (sulfide) groups is 1. The third kappa shape index (κ3) is 3.14. The molecule has 6 nitrogen and oxygen atoms in total. The number of ether oxygens (including phenoxy) is 1. The second-order valence-electron chi connectivity index (χ2n) is 6.67. The molecule has 0 fully saturated rings. The Hall–Kier alpha value is -1.99. The van der Waals surface area contributed by atoms with Gasteiger partial charge in [0.05, 0.1) is 17.8 Å². The Kier molecular flexibility index (Phi) is 4.31. The first kappa shape index (κ1) is 16.9. The van der Waals surface area contributed by atoms with Gasteiger partial charge in [-0.05, 0) is 32.9 Å². The van der Waals surface area contributed by atoms with Crippen LogP contribution in [0.25, 0.3) is 10.9 Å². The van der Waals surface area contributed by atoms with E-state index in [0.29, 0.717) is 11.4 Å². The number of aliphatic hydroxyl groups is 1. The molecular formula is C17H20N2O4S. The van der Waals surface area contributed by atoms with Crippen LogP contribution >= 0.6 is 11.8 Å². The van der Waals surface area contributed by atoms with Gasteiger partial charge in [-0.3, -0.25) is 9.36 Å². The van der Waals surface area contributed by atoms with Crippen LogP contribution in [0.1, 0.15) is 31.3 Å². The van der Waals surface area contributed by atoms with Crippen LogP contribution in [0.5, 0.6) is 0 Å². The average Bonchev–Trinajstić information content (AvgIpc) is 2.81. The lowest BCUT2D eigenvalue weighted by molar-refractivity contribution is 0.0489. The van der Waals surface area contributed by atoms with E-state index in [2.05, 4.69) is 5.32 Å². The molecule has 1 atom stereocenters. The number of hydrogen-bond acceptors (Lipinski definition) is 5. The van der Waals surface area contributed by atoms with Gasteiger partial charge in [-0.2, -0.15) is 0 Å². The summed E-state index contributed by atoms with van der Waals surface area (Å²) in [6, 6.07) is 6.84. The van der Waals surface area contributed by atoms with Crippen molar-refractivity contribution in [2.45, 2.75) is 43.9 Å². The molecule has 1 aromatic heterocycles. The fourth-order valence-corrected chi connectivity index (χ4v) is 3.81. The van der Waals surface area contributed by atoms with Gasteiger partial charge >= 0.3 is 6.09 Å². The third-order valence-electron chi connectivity index (χ3n) is 3.64. The monoisotopic (exact) mass is 348 g/mol. The van der Waals surface area contributed by atoms with E-state index in [0.717, 1.165) is 15.8 Å². The molecule has 1 amide bonds. The fraction of sp³-hybridized carbons (Fsp3) is 0.412. The molecule has 0 unspecified atom stereocenters. The number of hydrogen-bond donors (Lipinski definition) is 2. The SMILES string of the molecule is CC(C)(C)OC(=O)N[C@H]1CSc2cccc3cc(CO)n(c23)C1=O. The molecule has 0 saturated heterocycles. The highest BCUT2D eigenvalue weighted by atomic mass is 32.2. The highest BCUT2D eigenvalue weighted by molar-refractivity contribution is 7.99. The highest BCUT2D eigenvalue weighted by Gasteiger charge is 2.31. The Morgan fingerprint density at radius 2 is 2.21 bits per heavy atom. The van der Waals surface area contributed by atoms with Crippen molar-refractivity contribution in [3.05, 3.63) is 30.0 Å². The van der Waals surface area contributed by atoms with E-state index in [1.165, 1.54) is 16.3 Å². The van der Waals surface area contributed by atoms with E-state index in [1.54, 1.807) is 26.8 Å². The minimum Gasteiger partial charge on any atom is -0.444 e. The van der Waals surface area contributed by atoms with E-state index in [-0.39, 0.29) is 12.5 Å². The van der Waals surface area contributed by atoms with Crippen molar-refractivity contribution in [2.24, 2.45) is 0 Å². The average molecular weight is 348 g/mol. The van der Waals surface area contributed by atoms with Gasteiger partial charge in [-0.1, -0.05) is 12.1 Å². The van der Waals surface area contributed by atoms with Gasteiger partial charge in [0.25, 0.3) is 5.91 Å². The number of aromatic nitrogens is 1. The Labute approximate surface area is 144 Å². The van der Waals surface area contributed by atoms with E-state index in [9.17, 15) is 14.7 Å². The molecule has 1 aromatic carbocycles. The Bertz CT molecular complexity index is 807. The largest absolute Gasteiger partial charge is 0.444 e. The number of rotatable bonds is 2. The number of benzene rings is 1. The van der Waals surface area contributed by atoms with Gasteiger partial charge in [0, 0.05) is 16.0 Å². The lowest BCUT2D eigenvalue weighted by Gasteiger charge is -2.22. The molecule has 0 bridgehead atoms. The van der Waals surface area contributed by atoms with Gasteiger partial charge in [-0.25, -0.2) is 4.79 Å². The number of carbonyl (C=O) groups is 2. The highest BCUT2D eigenvalue weighted by Crippen LogP contribution is 2.34. The van der Waals surface area contributed by atoms with Gasteiger partial charge in [0.15, 0.2) is 0 Å². The van der Waals surface area contributed by atoms with Gasteiger partial charge in [0.2, 0.25) is 0 Å². The van der Waals surface area contributed by atoms with Crippen LogP contribution in [0.3, 0.4) is 0 Å². The number of carbonyl (C=O) groups excluding carboxylic acids is 2. The van der Waals surface area contributed by atoms with E-state index < -0.39 is 17.7 Å². The van der Waals surface area contributed by atoms with Gasteiger partial charge < -0.3 is 15.2 Å². The smallest absolute Gasteiger partial charge is 0.408 e. The zero-order valence-electron chi connectivity index (χ0n) is 13.8. The maximum atomic E-state index is 12.9. The number of amides is 1. The molecule has 7 heteroatoms. The second-order valence-corrected chi connectivity index (χ2v) is 7.73. The van der Waals surface area contributed by atoms with Crippen LogP contribution in [0, 0.1) is 0 Å². The van der Waals surface area contributed by atoms with Crippen molar-refractivity contribution in [1.82, 2.24) is 9.88 Å². The molecule has 2 heterocycles. The summed E-state index contributed by atoms with van der Waals surface area (Å²) in [5.74, 6) is 0.140. The van der Waals surface area contributed by atoms with Crippen molar-refractivity contribution in [2.75, 3.05) is 5.75 Å². The van der Waals surface area contributed by atoms with Crippen molar-refractivity contribution in [3.8, 4) is 0 Å². The zero-order chi connectivity index (χ0) is 17.5. The van der Waals surface area contributed by atoms with Crippen LogP contribution in [0.15, 0.2) is 29.2 Å². The van der Waals surface area contributed by atoms with Crippen molar-refractivity contribution < 1.29 is 19.4 Å². The van der Waals surface area contributed by atoms with Crippen molar-refractivity contribution in [1.29, 1.82) is 0 Å². The molecule has 2 aromatic rings. The summed E-state index contributed by atoms with van der Waals surface area (Å²) in [5.41, 5.74) is 0.663. The normalized spacial score (nSPS) is 17.7. The predicted molar refractivity (Wildman–Crippen MR) is 92.4 cm³/mol. The fourth-order valence-electron chi connectivity index (χ4n) is 2.72. The molecule has 0 aliphatic carbocycles. The summed E-state index contributed by atoms with van der Waals surface area (Å²) in [4.78, 5) is 25.9. The summed E-state index contributed by atoms with van der Waals surface area (Å²) in [5, 5.41) is 13.2. The van der Waals surface area contributed by atoms with Crippen LogP contribution < -0.4 is 5.32 Å². The molecule has 0 saturated carbocycles. The maximum absolute atomic E-state index is 12.9. The molecule has 3 rings (SSSR count). The molecule has 24 heavy (non-hydrogen) atoms. The van der Waals surface area contributed by atoms with E-state index >= 15 is 0 Å². The molecular weight excluding hydrogens is 328 g/mol. The summed E-state index contributed by atoms with van der Waals surface area (Å²) in [7, 11) is 0. The predicted octanol–water partition coefficient (Wildman–Crippen LogP) is 2.77. The second kappa shape index (κ2) is 6.14. The van der Waals surface area contributed by atoms with Crippen LogP contribution in [0.4, 0.5) is 4.79 Å². The summed E-state index contributed by atoms with van der Waals surface area (Å²) in [6.45, 7) is 5.06. The Morgan fingerprint density at radius 3 is 2.88 bits per heavy atom. The first-order chi connectivity index (χ1) is 11.3. The topological polar surface area (TPSA) is 80.6 Å². The minimum absolute atomic E-state index is 0.246. The molecule has 0 spiro atoms. The molecule has 128 valence electrons. The zero-order valence-corrected chi connectivity index (χ0v) is 14.6. The molecule has 0 radical (unpaired) electrons. The number of nitrogens with zero attached hydrogens (tertiary/aromatic N) is 1. The van der Waals surface area contributed by atoms with Crippen molar-refractivity contribution >= 4 is 34.7 Å². The maximum Gasteiger partial charge on any atom is 0.408 e. The van der Waals surface area contributed by atoms with Crippen LogP contribution in [0.2, 0.25) is 0 Å². The minimum atomic E-state index is -0.724. The number of aliphatic hydroxyl groups excluding tert-OH is 1. The Balaban J connectivity index is 1.95. The summed E-state index contributed by atoms with van der Waals surface area (Å²) < 4.78 is 6.75. The standard InChI is InChI=1S/C17H20N2O4S/c1-17(2,3)23-16(22)18-12-9-24-13-6-4-5-10-7-11(8-20)19(14(10)13)15(12)21/h4-7,12,20H,8-9H2,1-3H3,(H,18,22)/t12-/m0/s1. The number of alkyl carbamates (subject to hydrolysis) is 1. The van der Waals surface area contributed by atoms with Gasteiger partial charge in [-0.15, -0.1) is 11.8 Å². The van der Waals surface area contributed by atoms with Crippen LogP contribution in [-0.4, -0.2) is 39.1 Å². The van der Waals surface area contributed by atoms with Crippen molar-refractivity contribution in [3.63, 3.8) is 0 Å². The summed E-state index contributed by atoms with van der Waals surface area (Å²) >= 11 is 1.50. The number of para-hydroxylation sites is 1. The first-order valence-corrected chi connectivity index (χ1v) is 8.69. The number of nitrogens with one attached hydrogen (secondary N) is 1. The lowest BCUT2D eigenvalue weighted by atomic mass is 10.2. The van der Waals surface area contributed by atoms with Crippen LogP contribution in [-0.2, 0) is 11.3 Å². The van der Waals surface area contributed by atoms with E-state index in [4.69, 9.17) is 4.74 Å².